The number of carbonyl (C=O) groups excluding carboxylic acids is 1. The highest BCUT2D eigenvalue weighted by molar-refractivity contribution is 5.92. The van der Waals surface area contributed by atoms with Crippen LogP contribution in [0, 0.1) is 0 Å². The smallest absolute Gasteiger partial charge is 0.271 e. The zero-order valence-electron chi connectivity index (χ0n) is 10.8. The number of amides is 1. The monoisotopic (exact) mass is 249 g/mol. The third-order valence-corrected chi connectivity index (χ3v) is 3.31. The Morgan fingerprint density at radius 2 is 2.33 bits per heavy atom. The molecule has 2 N–H and O–H groups in total. The molecule has 0 radical (unpaired) electrons. The fraction of sp³-hybridized carbons (Fsp3) is 0.583. The van der Waals surface area contributed by atoms with Crippen LogP contribution in [0.4, 0.5) is 5.82 Å². The van der Waals surface area contributed by atoms with Gasteiger partial charge in [-0.3, -0.25) is 4.79 Å². The van der Waals surface area contributed by atoms with E-state index in [-0.39, 0.29) is 5.91 Å². The minimum atomic E-state index is -0.162. The maximum atomic E-state index is 11.9. The van der Waals surface area contributed by atoms with Gasteiger partial charge in [0.25, 0.3) is 5.91 Å². The van der Waals surface area contributed by atoms with Crippen molar-refractivity contribution < 1.29 is 4.79 Å². The van der Waals surface area contributed by atoms with E-state index in [1.54, 1.807) is 13.2 Å². The normalized spacial score (nSPS) is 19.8. The molecule has 18 heavy (non-hydrogen) atoms. The highest BCUT2D eigenvalue weighted by atomic mass is 16.1. The van der Waals surface area contributed by atoms with Crippen LogP contribution in [0.25, 0.3) is 0 Å². The molecule has 2 rings (SSSR count). The summed E-state index contributed by atoms with van der Waals surface area (Å²) < 4.78 is 0. The Kier molecular flexibility index (Phi) is 4.09. The van der Waals surface area contributed by atoms with Gasteiger partial charge in [-0.05, 0) is 26.4 Å². The minimum absolute atomic E-state index is 0.162. The molecule has 0 spiro atoms. The molecule has 98 valence electrons. The van der Waals surface area contributed by atoms with E-state index in [2.05, 4.69) is 32.5 Å². The maximum absolute atomic E-state index is 11.9. The van der Waals surface area contributed by atoms with E-state index in [0.29, 0.717) is 24.1 Å². The van der Waals surface area contributed by atoms with Crippen LogP contribution in [-0.2, 0) is 0 Å². The molecule has 1 fully saturated rings. The van der Waals surface area contributed by atoms with E-state index >= 15 is 0 Å². The maximum Gasteiger partial charge on any atom is 0.271 e. The summed E-state index contributed by atoms with van der Waals surface area (Å²) >= 11 is 0. The number of likely N-dealkylation sites (N-methyl/N-ethyl adjacent to an activating group) is 1. The Labute approximate surface area is 107 Å². The van der Waals surface area contributed by atoms with Crippen molar-refractivity contribution in [3.63, 3.8) is 0 Å². The van der Waals surface area contributed by atoms with Gasteiger partial charge in [0.2, 0.25) is 0 Å². The topological polar surface area (TPSA) is 70.2 Å². The number of nitrogens with zero attached hydrogens (tertiary/aromatic N) is 3. The Morgan fingerprint density at radius 1 is 1.50 bits per heavy atom. The SMILES string of the molecule is CNc1cnc(C(=O)NCC2CCCN2C)cn1. The summed E-state index contributed by atoms with van der Waals surface area (Å²) in [6.07, 6.45) is 5.38. The van der Waals surface area contributed by atoms with Crippen molar-refractivity contribution in [2.45, 2.75) is 18.9 Å². The molecule has 1 atom stereocenters. The highest BCUT2D eigenvalue weighted by Crippen LogP contribution is 2.13. The molecule has 1 saturated heterocycles. The van der Waals surface area contributed by atoms with Gasteiger partial charge in [0, 0.05) is 19.6 Å². The molecule has 0 aliphatic carbocycles. The lowest BCUT2D eigenvalue weighted by Gasteiger charge is -2.19. The summed E-state index contributed by atoms with van der Waals surface area (Å²) in [5, 5.41) is 5.77. The average molecular weight is 249 g/mol. The number of likely N-dealkylation sites (tertiary alicyclic amines) is 1. The predicted molar refractivity (Wildman–Crippen MR) is 69.6 cm³/mol. The lowest BCUT2D eigenvalue weighted by molar-refractivity contribution is 0.0938. The molecule has 1 aromatic rings. The lowest BCUT2D eigenvalue weighted by atomic mass is 10.2. The lowest BCUT2D eigenvalue weighted by Crippen LogP contribution is -2.38. The van der Waals surface area contributed by atoms with Crippen LogP contribution in [-0.4, -0.2) is 54.0 Å². The Bertz CT molecular complexity index is 405. The van der Waals surface area contributed by atoms with Crippen molar-refractivity contribution in [1.82, 2.24) is 20.2 Å². The Morgan fingerprint density at radius 3 is 2.89 bits per heavy atom. The van der Waals surface area contributed by atoms with E-state index in [1.165, 1.54) is 12.6 Å². The number of aromatic nitrogens is 2. The van der Waals surface area contributed by atoms with E-state index in [9.17, 15) is 4.79 Å². The van der Waals surface area contributed by atoms with Gasteiger partial charge in [-0.2, -0.15) is 0 Å². The van der Waals surface area contributed by atoms with E-state index < -0.39 is 0 Å². The highest BCUT2D eigenvalue weighted by Gasteiger charge is 2.21. The fourth-order valence-electron chi connectivity index (χ4n) is 2.11. The fourth-order valence-corrected chi connectivity index (χ4v) is 2.11. The number of carbonyl (C=O) groups is 1. The molecule has 2 heterocycles. The predicted octanol–water partition coefficient (Wildman–Crippen LogP) is 0.342. The molecule has 1 aromatic heterocycles. The van der Waals surface area contributed by atoms with Gasteiger partial charge in [0.05, 0.1) is 12.4 Å². The van der Waals surface area contributed by atoms with Gasteiger partial charge in [-0.15, -0.1) is 0 Å². The number of anilines is 1. The first kappa shape index (κ1) is 12.8. The summed E-state index contributed by atoms with van der Waals surface area (Å²) in [7, 11) is 3.85. The summed E-state index contributed by atoms with van der Waals surface area (Å²) in [5.41, 5.74) is 0.356. The molecule has 0 bridgehead atoms. The van der Waals surface area contributed by atoms with Crippen LogP contribution in [0.15, 0.2) is 12.4 Å². The zero-order valence-corrected chi connectivity index (χ0v) is 10.8. The second kappa shape index (κ2) is 5.77. The molecule has 6 heteroatoms. The first-order valence-electron chi connectivity index (χ1n) is 6.19. The van der Waals surface area contributed by atoms with Crippen molar-refractivity contribution in [3.05, 3.63) is 18.1 Å². The first-order valence-corrected chi connectivity index (χ1v) is 6.19. The van der Waals surface area contributed by atoms with E-state index in [1.807, 2.05) is 0 Å². The van der Waals surface area contributed by atoms with Gasteiger partial charge in [0.1, 0.15) is 11.5 Å². The van der Waals surface area contributed by atoms with E-state index in [4.69, 9.17) is 0 Å². The van der Waals surface area contributed by atoms with Gasteiger partial charge < -0.3 is 15.5 Å². The van der Waals surface area contributed by atoms with Crippen LogP contribution in [0.3, 0.4) is 0 Å². The molecule has 1 aliphatic rings. The minimum Gasteiger partial charge on any atom is -0.372 e. The molecule has 0 saturated carbocycles. The van der Waals surface area contributed by atoms with Crippen molar-refractivity contribution in [2.75, 3.05) is 32.5 Å². The quantitative estimate of drug-likeness (QED) is 0.805. The summed E-state index contributed by atoms with van der Waals surface area (Å²) in [4.78, 5) is 22.3. The Hall–Kier alpha value is -1.69. The number of hydrogen-bond acceptors (Lipinski definition) is 5. The largest absolute Gasteiger partial charge is 0.372 e. The molecular formula is C12H19N5O. The van der Waals surface area contributed by atoms with Crippen LogP contribution < -0.4 is 10.6 Å². The first-order chi connectivity index (χ1) is 8.70. The van der Waals surface area contributed by atoms with Crippen molar-refractivity contribution in [1.29, 1.82) is 0 Å². The summed E-state index contributed by atoms with van der Waals surface area (Å²) in [6, 6.07) is 0.443. The van der Waals surface area contributed by atoms with Gasteiger partial charge >= 0.3 is 0 Å². The van der Waals surface area contributed by atoms with E-state index in [0.717, 1.165) is 13.0 Å². The van der Waals surface area contributed by atoms with Crippen LogP contribution >= 0.6 is 0 Å². The van der Waals surface area contributed by atoms with Gasteiger partial charge in [-0.25, -0.2) is 9.97 Å². The third-order valence-electron chi connectivity index (χ3n) is 3.31. The van der Waals surface area contributed by atoms with Crippen LogP contribution in [0.5, 0.6) is 0 Å². The molecule has 6 nitrogen and oxygen atoms in total. The van der Waals surface area contributed by atoms with Gasteiger partial charge in [-0.1, -0.05) is 0 Å². The number of nitrogens with one attached hydrogen (secondary N) is 2. The summed E-state index contributed by atoms with van der Waals surface area (Å²) in [6.45, 7) is 1.78. The number of hydrogen-bond donors (Lipinski definition) is 2. The molecule has 1 amide bonds. The van der Waals surface area contributed by atoms with Crippen molar-refractivity contribution in [3.8, 4) is 0 Å². The standard InChI is InChI=1S/C12H19N5O/c1-13-11-8-14-10(7-15-11)12(18)16-6-9-4-3-5-17(9)2/h7-9H,3-6H2,1-2H3,(H,13,15)(H,16,18). The second-order valence-corrected chi connectivity index (χ2v) is 4.52. The number of rotatable bonds is 4. The van der Waals surface area contributed by atoms with Crippen molar-refractivity contribution >= 4 is 11.7 Å². The molecule has 0 aromatic carbocycles. The zero-order chi connectivity index (χ0) is 13.0. The second-order valence-electron chi connectivity index (χ2n) is 4.52. The Balaban J connectivity index is 1.87. The van der Waals surface area contributed by atoms with Crippen molar-refractivity contribution in [2.24, 2.45) is 0 Å². The third kappa shape index (κ3) is 2.95. The molecule has 1 unspecified atom stereocenters. The van der Waals surface area contributed by atoms with Crippen LogP contribution in [0.1, 0.15) is 23.3 Å². The summed E-state index contributed by atoms with van der Waals surface area (Å²) in [5.74, 6) is 0.493. The van der Waals surface area contributed by atoms with Gasteiger partial charge in [0.15, 0.2) is 0 Å². The molecular weight excluding hydrogens is 230 g/mol. The average Bonchev–Trinajstić information content (AvgIpc) is 2.81. The molecule has 1 aliphatic heterocycles. The van der Waals surface area contributed by atoms with Crippen LogP contribution in [0.2, 0.25) is 0 Å².